The molecule has 0 bridgehead atoms. The van der Waals surface area contributed by atoms with Crippen LogP contribution in [0.4, 0.5) is 0 Å². The van der Waals surface area contributed by atoms with E-state index in [9.17, 15) is 0 Å². The number of imidazole rings is 1. The molecule has 0 atom stereocenters. The molecule has 0 aliphatic carbocycles. The lowest BCUT2D eigenvalue weighted by atomic mass is 10.1. The lowest BCUT2D eigenvalue weighted by Gasteiger charge is -2.02. The van der Waals surface area contributed by atoms with Gasteiger partial charge < -0.3 is 10.1 Å². The molecule has 2 aromatic heterocycles. The van der Waals surface area contributed by atoms with Crippen molar-refractivity contribution in [3.05, 3.63) is 35.3 Å². The molecule has 15 heavy (non-hydrogen) atoms. The van der Waals surface area contributed by atoms with Crippen molar-refractivity contribution >= 4 is 0 Å². The van der Waals surface area contributed by atoms with Crippen LogP contribution in [0.5, 0.6) is 0 Å². The van der Waals surface area contributed by atoms with E-state index in [4.69, 9.17) is 5.11 Å². The normalized spacial score (nSPS) is 10.6. The molecular formula is C11H13N3O. The Labute approximate surface area is 88.0 Å². The summed E-state index contributed by atoms with van der Waals surface area (Å²) in [4.78, 5) is 11.5. The Kier molecular flexibility index (Phi) is 2.51. The van der Waals surface area contributed by atoms with Crippen LogP contribution < -0.4 is 0 Å². The van der Waals surface area contributed by atoms with Crippen molar-refractivity contribution < 1.29 is 5.11 Å². The number of pyridine rings is 1. The summed E-state index contributed by atoms with van der Waals surface area (Å²) in [6.07, 6.45) is 3.43. The first-order valence-corrected chi connectivity index (χ1v) is 4.79. The highest BCUT2D eigenvalue weighted by Crippen LogP contribution is 2.18. The van der Waals surface area contributed by atoms with Crippen molar-refractivity contribution in [3.63, 3.8) is 0 Å². The molecule has 4 nitrogen and oxygen atoms in total. The number of aryl methyl sites for hydroxylation is 2. The molecule has 0 saturated heterocycles. The van der Waals surface area contributed by atoms with E-state index in [0.717, 1.165) is 16.8 Å². The topological polar surface area (TPSA) is 61.8 Å². The number of aliphatic hydroxyl groups is 1. The molecule has 0 unspecified atom stereocenters. The van der Waals surface area contributed by atoms with Crippen LogP contribution in [0.25, 0.3) is 11.5 Å². The number of aromatic amines is 1. The number of H-pyrrole nitrogens is 1. The predicted octanol–water partition coefficient (Wildman–Crippen LogP) is 1.58. The third-order valence-electron chi connectivity index (χ3n) is 2.24. The maximum absolute atomic E-state index is 8.92. The van der Waals surface area contributed by atoms with Gasteiger partial charge in [-0.2, -0.15) is 0 Å². The van der Waals surface area contributed by atoms with Crippen molar-refractivity contribution in [2.24, 2.45) is 0 Å². The summed E-state index contributed by atoms with van der Waals surface area (Å²) in [6.45, 7) is 3.97. The number of nitrogens with zero attached hydrogens (tertiary/aromatic N) is 2. The maximum Gasteiger partial charge on any atom is 0.156 e. The molecule has 0 spiro atoms. The van der Waals surface area contributed by atoms with Crippen molar-refractivity contribution in [2.75, 3.05) is 0 Å². The van der Waals surface area contributed by atoms with Gasteiger partial charge in [-0.05, 0) is 25.0 Å². The standard InChI is InChI=1S/C11H13N3O/c1-7-3-8(2)10(12-4-7)11-13-5-9(6-15)14-11/h3-5,15H,6H2,1-2H3,(H,13,14). The van der Waals surface area contributed by atoms with Gasteiger partial charge >= 0.3 is 0 Å². The van der Waals surface area contributed by atoms with Gasteiger partial charge in [0.25, 0.3) is 0 Å². The van der Waals surface area contributed by atoms with Crippen LogP contribution in [-0.2, 0) is 6.61 Å². The van der Waals surface area contributed by atoms with E-state index in [1.807, 2.05) is 20.0 Å². The van der Waals surface area contributed by atoms with E-state index in [-0.39, 0.29) is 6.61 Å². The van der Waals surface area contributed by atoms with Crippen molar-refractivity contribution in [3.8, 4) is 11.5 Å². The summed E-state index contributed by atoms with van der Waals surface area (Å²) in [5.74, 6) is 0.705. The minimum Gasteiger partial charge on any atom is -0.390 e. The average Bonchev–Trinajstić information content (AvgIpc) is 2.66. The summed E-state index contributed by atoms with van der Waals surface area (Å²) in [7, 11) is 0. The Morgan fingerprint density at radius 2 is 2.07 bits per heavy atom. The summed E-state index contributed by atoms with van der Waals surface area (Å²) >= 11 is 0. The van der Waals surface area contributed by atoms with E-state index < -0.39 is 0 Å². The van der Waals surface area contributed by atoms with Crippen molar-refractivity contribution in [1.29, 1.82) is 0 Å². The van der Waals surface area contributed by atoms with E-state index in [1.54, 1.807) is 6.20 Å². The minimum atomic E-state index is -0.0299. The number of hydrogen-bond acceptors (Lipinski definition) is 3. The highest BCUT2D eigenvalue weighted by Gasteiger charge is 2.07. The summed E-state index contributed by atoms with van der Waals surface area (Å²) in [6, 6.07) is 2.06. The van der Waals surface area contributed by atoms with Crippen LogP contribution in [-0.4, -0.2) is 20.1 Å². The van der Waals surface area contributed by atoms with E-state index in [2.05, 4.69) is 21.0 Å². The first-order chi connectivity index (χ1) is 7.20. The molecule has 0 amide bonds. The second kappa shape index (κ2) is 3.82. The van der Waals surface area contributed by atoms with E-state index in [1.165, 1.54) is 0 Å². The van der Waals surface area contributed by atoms with Crippen molar-refractivity contribution in [1.82, 2.24) is 15.0 Å². The maximum atomic E-state index is 8.92. The smallest absolute Gasteiger partial charge is 0.156 e. The minimum absolute atomic E-state index is 0.0299. The van der Waals surface area contributed by atoms with Gasteiger partial charge in [0.2, 0.25) is 0 Å². The molecule has 78 valence electrons. The Morgan fingerprint density at radius 1 is 1.27 bits per heavy atom. The molecular weight excluding hydrogens is 190 g/mol. The fourth-order valence-electron chi connectivity index (χ4n) is 1.52. The molecule has 0 saturated carbocycles. The highest BCUT2D eigenvalue weighted by atomic mass is 16.3. The quantitative estimate of drug-likeness (QED) is 0.779. The average molecular weight is 203 g/mol. The van der Waals surface area contributed by atoms with E-state index >= 15 is 0 Å². The fourth-order valence-corrected chi connectivity index (χ4v) is 1.52. The van der Waals surface area contributed by atoms with Crippen molar-refractivity contribution in [2.45, 2.75) is 20.5 Å². The van der Waals surface area contributed by atoms with Crippen LogP contribution in [0, 0.1) is 13.8 Å². The molecule has 4 heteroatoms. The van der Waals surface area contributed by atoms with Crippen LogP contribution in [0.2, 0.25) is 0 Å². The lowest BCUT2D eigenvalue weighted by molar-refractivity contribution is 0.277. The van der Waals surface area contributed by atoms with Crippen LogP contribution in [0.3, 0.4) is 0 Å². The summed E-state index contributed by atoms with van der Waals surface area (Å²) in [5, 5.41) is 8.92. The molecule has 2 N–H and O–H groups in total. The molecule has 2 heterocycles. The summed E-state index contributed by atoms with van der Waals surface area (Å²) in [5.41, 5.74) is 3.74. The van der Waals surface area contributed by atoms with Gasteiger partial charge in [-0.1, -0.05) is 6.07 Å². The zero-order chi connectivity index (χ0) is 10.8. The molecule has 0 aliphatic heterocycles. The second-order valence-electron chi connectivity index (χ2n) is 3.59. The lowest BCUT2D eigenvalue weighted by Crippen LogP contribution is -1.91. The fraction of sp³-hybridized carbons (Fsp3) is 0.273. The van der Waals surface area contributed by atoms with Gasteiger partial charge in [-0.3, -0.25) is 4.98 Å². The van der Waals surface area contributed by atoms with E-state index in [0.29, 0.717) is 11.5 Å². The highest BCUT2D eigenvalue weighted by molar-refractivity contribution is 5.55. The third-order valence-corrected chi connectivity index (χ3v) is 2.24. The van der Waals surface area contributed by atoms with Crippen LogP contribution in [0.15, 0.2) is 18.5 Å². The number of rotatable bonds is 2. The predicted molar refractivity (Wildman–Crippen MR) is 57.2 cm³/mol. The van der Waals surface area contributed by atoms with Gasteiger partial charge in [-0.25, -0.2) is 4.98 Å². The Hall–Kier alpha value is -1.68. The van der Waals surface area contributed by atoms with Gasteiger partial charge in [-0.15, -0.1) is 0 Å². The van der Waals surface area contributed by atoms with Gasteiger partial charge in [0.1, 0.15) is 5.69 Å². The Balaban J connectivity index is 2.44. The second-order valence-corrected chi connectivity index (χ2v) is 3.59. The first kappa shape index (κ1) is 9.86. The largest absolute Gasteiger partial charge is 0.390 e. The number of nitrogens with one attached hydrogen (secondary N) is 1. The SMILES string of the molecule is Cc1cnc(-c2ncc(CO)[nH]2)c(C)c1. The number of aliphatic hydroxyl groups excluding tert-OH is 1. The molecule has 0 aliphatic rings. The number of hydrogen-bond donors (Lipinski definition) is 2. The third kappa shape index (κ3) is 1.89. The zero-order valence-electron chi connectivity index (χ0n) is 8.78. The molecule has 0 fully saturated rings. The number of aromatic nitrogens is 3. The molecule has 0 aromatic carbocycles. The van der Waals surface area contributed by atoms with Crippen LogP contribution in [0.1, 0.15) is 16.8 Å². The Morgan fingerprint density at radius 3 is 2.67 bits per heavy atom. The molecule has 2 rings (SSSR count). The van der Waals surface area contributed by atoms with Crippen LogP contribution >= 0.6 is 0 Å². The van der Waals surface area contributed by atoms with Gasteiger partial charge in [0.05, 0.1) is 18.5 Å². The Bertz CT molecular complexity index is 476. The summed E-state index contributed by atoms with van der Waals surface area (Å²) < 4.78 is 0. The zero-order valence-corrected chi connectivity index (χ0v) is 8.78. The van der Waals surface area contributed by atoms with Gasteiger partial charge in [0.15, 0.2) is 5.82 Å². The first-order valence-electron chi connectivity index (χ1n) is 4.79. The molecule has 0 radical (unpaired) electrons. The monoisotopic (exact) mass is 203 g/mol. The molecule has 2 aromatic rings. The van der Waals surface area contributed by atoms with Gasteiger partial charge in [0, 0.05) is 6.20 Å².